The van der Waals surface area contributed by atoms with Gasteiger partial charge < -0.3 is 19.5 Å². The van der Waals surface area contributed by atoms with Crippen LogP contribution in [0.3, 0.4) is 0 Å². The number of esters is 1. The number of aryl methyl sites for hydroxylation is 1. The Hall–Kier alpha value is -4.36. The van der Waals surface area contributed by atoms with Gasteiger partial charge in [0, 0.05) is 16.5 Å². The largest absolute Gasteiger partial charge is 0.493 e. The van der Waals surface area contributed by atoms with Crippen molar-refractivity contribution in [2.45, 2.75) is 20.5 Å². The molecule has 0 saturated heterocycles. The normalized spacial score (nSPS) is 10.8. The molecule has 0 saturated carbocycles. The molecule has 1 heterocycles. The molecule has 38 heavy (non-hydrogen) atoms. The van der Waals surface area contributed by atoms with Crippen molar-refractivity contribution in [2.75, 3.05) is 19.0 Å². The van der Waals surface area contributed by atoms with Crippen LogP contribution in [-0.4, -0.2) is 25.6 Å². The quantitative estimate of drug-likeness (QED) is 0.175. The first kappa shape index (κ1) is 26.7. The van der Waals surface area contributed by atoms with Gasteiger partial charge in [0.15, 0.2) is 11.5 Å². The third-order valence-corrected chi connectivity index (χ3v) is 6.74. The highest BCUT2D eigenvalue weighted by atomic mass is 32.1. The van der Waals surface area contributed by atoms with Crippen molar-refractivity contribution in [2.24, 2.45) is 0 Å². The van der Waals surface area contributed by atoms with Crippen LogP contribution in [-0.2, 0) is 16.1 Å². The molecule has 0 unspecified atom stereocenters. The molecular weight excluding hydrogens is 498 g/mol. The molecule has 3 aromatic carbocycles. The second-order valence-electron chi connectivity index (χ2n) is 8.33. The summed E-state index contributed by atoms with van der Waals surface area (Å²) in [6, 6.07) is 24.9. The van der Waals surface area contributed by atoms with Crippen LogP contribution in [0.2, 0.25) is 0 Å². The first-order valence-corrected chi connectivity index (χ1v) is 13.0. The number of carbonyl (C=O) groups is 2. The van der Waals surface area contributed by atoms with Crippen LogP contribution in [0, 0.1) is 6.92 Å². The number of anilines is 1. The van der Waals surface area contributed by atoms with E-state index < -0.39 is 5.97 Å². The Kier molecular flexibility index (Phi) is 8.95. The molecular formula is C31H29NO5S. The van der Waals surface area contributed by atoms with Crippen molar-refractivity contribution in [1.29, 1.82) is 0 Å². The fourth-order valence-corrected chi connectivity index (χ4v) is 5.02. The van der Waals surface area contributed by atoms with Gasteiger partial charge in [-0.05, 0) is 48.7 Å². The summed E-state index contributed by atoms with van der Waals surface area (Å²) in [4.78, 5) is 26.6. The lowest BCUT2D eigenvalue weighted by molar-refractivity contribution is -0.111. The summed E-state index contributed by atoms with van der Waals surface area (Å²) in [5.41, 5.74) is 3.84. The Labute approximate surface area is 226 Å². The van der Waals surface area contributed by atoms with Crippen molar-refractivity contribution >= 4 is 34.3 Å². The maximum atomic E-state index is 12.9. The van der Waals surface area contributed by atoms with Crippen molar-refractivity contribution in [3.05, 3.63) is 107 Å². The molecule has 4 aromatic rings. The molecule has 1 N–H and O–H groups in total. The molecule has 0 radical (unpaired) electrons. The predicted octanol–water partition coefficient (Wildman–Crippen LogP) is 7.14. The fourth-order valence-electron chi connectivity index (χ4n) is 3.95. The molecule has 0 aliphatic heterocycles. The number of rotatable bonds is 10. The minimum Gasteiger partial charge on any atom is -0.493 e. The standard InChI is InChI=1S/C31H29NO5S/c1-4-36-31(34)29-28(24-13-9-6-10-14-24)21(2)38-30(29)32-27(33)18-16-22-15-17-25(26(19-22)35-3)37-20-23-11-7-5-8-12-23/h5-19H,4,20H2,1-3H3,(H,32,33). The van der Waals surface area contributed by atoms with Crippen LogP contribution in [0.15, 0.2) is 84.9 Å². The molecule has 0 fully saturated rings. The molecule has 0 aliphatic carbocycles. The highest BCUT2D eigenvalue weighted by Gasteiger charge is 2.25. The Balaban J connectivity index is 1.51. The SMILES string of the molecule is CCOC(=O)c1c(NC(=O)C=Cc2ccc(OCc3ccccc3)c(OC)c2)sc(C)c1-c1ccccc1. The number of carbonyl (C=O) groups excluding carboxylic acids is 2. The lowest BCUT2D eigenvalue weighted by Gasteiger charge is -2.11. The van der Waals surface area contributed by atoms with Gasteiger partial charge in [-0.25, -0.2) is 4.79 Å². The molecule has 4 rings (SSSR count). The third kappa shape index (κ3) is 6.49. The minimum absolute atomic E-state index is 0.238. The smallest absolute Gasteiger partial charge is 0.341 e. The van der Waals surface area contributed by atoms with E-state index in [0.717, 1.165) is 27.1 Å². The summed E-state index contributed by atoms with van der Waals surface area (Å²) in [7, 11) is 1.57. The minimum atomic E-state index is -0.467. The summed E-state index contributed by atoms with van der Waals surface area (Å²) < 4.78 is 16.7. The van der Waals surface area contributed by atoms with Gasteiger partial charge in [0.05, 0.1) is 13.7 Å². The lowest BCUT2D eigenvalue weighted by Crippen LogP contribution is -2.12. The van der Waals surface area contributed by atoms with E-state index in [1.807, 2.05) is 79.7 Å². The third-order valence-electron chi connectivity index (χ3n) is 5.72. The maximum Gasteiger partial charge on any atom is 0.341 e. The zero-order chi connectivity index (χ0) is 26.9. The Morgan fingerprint density at radius 1 is 0.947 bits per heavy atom. The van der Waals surface area contributed by atoms with Crippen LogP contribution in [0.5, 0.6) is 11.5 Å². The maximum absolute atomic E-state index is 12.9. The highest BCUT2D eigenvalue weighted by Crippen LogP contribution is 2.40. The van der Waals surface area contributed by atoms with E-state index in [4.69, 9.17) is 14.2 Å². The van der Waals surface area contributed by atoms with Gasteiger partial charge in [-0.15, -0.1) is 11.3 Å². The first-order chi connectivity index (χ1) is 18.5. The van der Waals surface area contributed by atoms with E-state index in [1.54, 1.807) is 26.2 Å². The second kappa shape index (κ2) is 12.7. The lowest BCUT2D eigenvalue weighted by atomic mass is 10.0. The summed E-state index contributed by atoms with van der Waals surface area (Å²) in [5, 5.41) is 3.32. The molecule has 0 spiro atoms. The monoisotopic (exact) mass is 527 g/mol. The van der Waals surface area contributed by atoms with Crippen LogP contribution in [0.25, 0.3) is 17.2 Å². The van der Waals surface area contributed by atoms with Crippen LogP contribution < -0.4 is 14.8 Å². The number of nitrogens with one attached hydrogen (secondary N) is 1. The summed E-state index contributed by atoms with van der Waals surface area (Å²) in [6.45, 7) is 4.34. The van der Waals surface area contributed by atoms with Gasteiger partial charge in [0.2, 0.25) is 5.91 Å². The summed E-state index contributed by atoms with van der Waals surface area (Å²) in [6.07, 6.45) is 3.10. The fraction of sp³-hybridized carbons (Fsp3) is 0.161. The Morgan fingerprint density at radius 3 is 2.34 bits per heavy atom. The van der Waals surface area contributed by atoms with Gasteiger partial charge >= 0.3 is 5.97 Å². The number of benzene rings is 3. The summed E-state index contributed by atoms with van der Waals surface area (Å²) >= 11 is 1.35. The van der Waals surface area contributed by atoms with E-state index >= 15 is 0 Å². The van der Waals surface area contributed by atoms with Crippen LogP contribution >= 0.6 is 11.3 Å². The number of amides is 1. The summed E-state index contributed by atoms with van der Waals surface area (Å²) in [5.74, 6) is 0.347. The van der Waals surface area contributed by atoms with Crippen molar-refractivity contribution in [3.63, 3.8) is 0 Å². The van der Waals surface area contributed by atoms with E-state index in [2.05, 4.69) is 5.32 Å². The number of thiophene rings is 1. The zero-order valence-electron chi connectivity index (χ0n) is 21.5. The number of hydrogen-bond donors (Lipinski definition) is 1. The van der Waals surface area contributed by atoms with Crippen molar-refractivity contribution in [1.82, 2.24) is 0 Å². The molecule has 194 valence electrons. The molecule has 0 bridgehead atoms. The van der Waals surface area contributed by atoms with E-state index in [0.29, 0.717) is 28.7 Å². The van der Waals surface area contributed by atoms with Crippen molar-refractivity contribution < 1.29 is 23.8 Å². The number of hydrogen-bond acceptors (Lipinski definition) is 6. The van der Waals surface area contributed by atoms with Crippen molar-refractivity contribution in [3.8, 4) is 22.6 Å². The second-order valence-corrected chi connectivity index (χ2v) is 9.56. The zero-order valence-corrected chi connectivity index (χ0v) is 22.3. The van der Waals surface area contributed by atoms with Gasteiger partial charge in [-0.2, -0.15) is 0 Å². The van der Waals surface area contributed by atoms with Gasteiger partial charge in [0.25, 0.3) is 0 Å². The van der Waals surface area contributed by atoms with Gasteiger partial charge in [-0.3, -0.25) is 4.79 Å². The average molecular weight is 528 g/mol. The van der Waals surface area contributed by atoms with Crippen LogP contribution in [0.4, 0.5) is 5.00 Å². The van der Waals surface area contributed by atoms with E-state index in [9.17, 15) is 9.59 Å². The molecule has 1 aromatic heterocycles. The molecule has 1 amide bonds. The van der Waals surface area contributed by atoms with Crippen LogP contribution in [0.1, 0.15) is 33.3 Å². The Bertz CT molecular complexity index is 1430. The molecule has 0 atom stereocenters. The first-order valence-electron chi connectivity index (χ1n) is 12.2. The topological polar surface area (TPSA) is 73.9 Å². The molecule has 6 nitrogen and oxygen atoms in total. The van der Waals surface area contributed by atoms with E-state index in [-0.39, 0.29) is 12.5 Å². The molecule has 7 heteroatoms. The Morgan fingerprint density at radius 2 is 1.66 bits per heavy atom. The number of methoxy groups -OCH3 is 1. The predicted molar refractivity (Wildman–Crippen MR) is 152 cm³/mol. The van der Waals surface area contributed by atoms with Gasteiger partial charge in [-0.1, -0.05) is 66.7 Å². The van der Waals surface area contributed by atoms with E-state index in [1.165, 1.54) is 17.4 Å². The number of ether oxygens (including phenoxy) is 3. The van der Waals surface area contributed by atoms with Gasteiger partial charge in [0.1, 0.15) is 17.2 Å². The average Bonchev–Trinajstić information content (AvgIpc) is 3.27. The highest BCUT2D eigenvalue weighted by molar-refractivity contribution is 7.17. The molecule has 0 aliphatic rings.